The minimum Gasteiger partial charge on any atom is -0.312 e. The van der Waals surface area contributed by atoms with Crippen LogP contribution in [0.3, 0.4) is 0 Å². The van der Waals surface area contributed by atoms with Crippen molar-refractivity contribution < 1.29 is 0 Å². The molecule has 1 aromatic rings. The Hall–Kier alpha value is -0.900. The van der Waals surface area contributed by atoms with E-state index in [0.717, 1.165) is 25.2 Å². The maximum atomic E-state index is 4.22. The topological polar surface area (TPSA) is 42.7 Å². The fraction of sp³-hybridized carbons (Fsp3) is 0.857. The first-order chi connectivity index (χ1) is 8.18. The van der Waals surface area contributed by atoms with Gasteiger partial charge in [-0.1, -0.05) is 26.0 Å². The van der Waals surface area contributed by atoms with Crippen LogP contribution in [0.25, 0.3) is 0 Å². The van der Waals surface area contributed by atoms with Crippen molar-refractivity contribution in [3.8, 4) is 0 Å². The minimum absolute atomic E-state index is 0.0893. The number of nitrogens with zero attached hydrogens (tertiary/aromatic N) is 3. The highest BCUT2D eigenvalue weighted by Crippen LogP contribution is 2.18. The zero-order chi connectivity index (χ0) is 13.8. The second kappa shape index (κ2) is 5.83. The Balaban J connectivity index is 2.26. The Morgan fingerprint density at radius 2 is 1.78 bits per heavy atom. The Labute approximate surface area is 111 Å². The first-order valence-electron chi connectivity index (χ1n) is 6.84. The average Bonchev–Trinajstić information content (AvgIpc) is 2.63. The van der Waals surface area contributed by atoms with Crippen molar-refractivity contribution >= 4 is 0 Å². The van der Waals surface area contributed by atoms with E-state index in [2.05, 4.69) is 63.4 Å². The normalized spacial score (nSPS) is 13.0. The summed E-state index contributed by atoms with van der Waals surface area (Å²) >= 11 is 0. The van der Waals surface area contributed by atoms with Crippen LogP contribution in [0.15, 0.2) is 6.20 Å². The third-order valence-electron chi connectivity index (χ3n) is 2.78. The van der Waals surface area contributed by atoms with Crippen LogP contribution in [0.2, 0.25) is 0 Å². The van der Waals surface area contributed by atoms with Gasteiger partial charge in [0.05, 0.1) is 5.69 Å². The monoisotopic (exact) mass is 252 g/mol. The van der Waals surface area contributed by atoms with Gasteiger partial charge < -0.3 is 5.32 Å². The van der Waals surface area contributed by atoms with E-state index in [4.69, 9.17) is 0 Å². The van der Waals surface area contributed by atoms with Gasteiger partial charge in [0.2, 0.25) is 0 Å². The molecule has 0 atom stereocenters. The van der Waals surface area contributed by atoms with Gasteiger partial charge in [-0.2, -0.15) is 0 Å². The van der Waals surface area contributed by atoms with Gasteiger partial charge in [0.25, 0.3) is 0 Å². The molecule has 1 rings (SSSR count). The molecule has 0 radical (unpaired) electrons. The molecule has 0 spiro atoms. The molecule has 18 heavy (non-hydrogen) atoms. The molecule has 0 saturated heterocycles. The number of hydrogen-bond acceptors (Lipinski definition) is 3. The smallest absolute Gasteiger partial charge is 0.0880 e. The lowest BCUT2D eigenvalue weighted by Crippen LogP contribution is -2.36. The average molecular weight is 252 g/mol. The highest BCUT2D eigenvalue weighted by Gasteiger charge is 2.17. The van der Waals surface area contributed by atoms with Crippen LogP contribution in [0, 0.1) is 0 Å². The van der Waals surface area contributed by atoms with E-state index in [9.17, 15) is 0 Å². The largest absolute Gasteiger partial charge is 0.312 e. The van der Waals surface area contributed by atoms with E-state index in [1.165, 1.54) is 6.42 Å². The van der Waals surface area contributed by atoms with Crippen LogP contribution in [0.1, 0.15) is 60.1 Å². The van der Waals surface area contributed by atoms with Crippen molar-refractivity contribution in [1.82, 2.24) is 20.3 Å². The summed E-state index contributed by atoms with van der Waals surface area (Å²) in [5, 5.41) is 11.9. The van der Waals surface area contributed by atoms with Crippen molar-refractivity contribution in [2.24, 2.45) is 0 Å². The number of unbranched alkanes of at least 4 members (excludes halogenated alkanes) is 1. The fourth-order valence-corrected chi connectivity index (χ4v) is 1.61. The Morgan fingerprint density at radius 3 is 2.28 bits per heavy atom. The van der Waals surface area contributed by atoms with Gasteiger partial charge in [-0.25, -0.2) is 0 Å². The van der Waals surface area contributed by atoms with Crippen molar-refractivity contribution in [2.75, 3.05) is 6.54 Å². The lowest BCUT2D eigenvalue weighted by atomic mass is 9.93. The van der Waals surface area contributed by atoms with Crippen LogP contribution < -0.4 is 5.32 Å². The lowest BCUT2D eigenvalue weighted by molar-refractivity contribution is 0.411. The first-order valence-corrected chi connectivity index (χ1v) is 6.84. The summed E-state index contributed by atoms with van der Waals surface area (Å²) in [6.45, 7) is 15.1. The summed E-state index contributed by atoms with van der Waals surface area (Å²) in [4.78, 5) is 0. The van der Waals surface area contributed by atoms with Gasteiger partial charge in [-0.3, -0.25) is 4.68 Å². The summed E-state index contributed by atoms with van der Waals surface area (Å²) in [5.74, 6) is 0. The molecule has 0 aliphatic heterocycles. The van der Waals surface area contributed by atoms with E-state index < -0.39 is 0 Å². The van der Waals surface area contributed by atoms with E-state index in [1.54, 1.807) is 0 Å². The van der Waals surface area contributed by atoms with Crippen molar-refractivity contribution in [3.05, 3.63) is 11.9 Å². The minimum atomic E-state index is 0.0893. The molecule has 0 aromatic carbocycles. The Bertz CT molecular complexity index is 355. The quantitative estimate of drug-likeness (QED) is 0.819. The summed E-state index contributed by atoms with van der Waals surface area (Å²) in [5.41, 5.74) is 1.37. The van der Waals surface area contributed by atoms with Crippen molar-refractivity contribution in [3.63, 3.8) is 0 Å². The van der Waals surface area contributed by atoms with Crippen molar-refractivity contribution in [2.45, 2.75) is 71.9 Å². The molecule has 0 fully saturated rings. The number of aromatic nitrogens is 3. The zero-order valence-electron chi connectivity index (χ0n) is 12.7. The summed E-state index contributed by atoms with van der Waals surface area (Å²) in [7, 11) is 0. The van der Waals surface area contributed by atoms with Gasteiger partial charge in [-0.05, 0) is 40.2 Å². The molecular formula is C14H28N4. The van der Waals surface area contributed by atoms with Crippen LogP contribution in [-0.2, 0) is 12.0 Å². The maximum Gasteiger partial charge on any atom is 0.0880 e. The van der Waals surface area contributed by atoms with Gasteiger partial charge in [0.15, 0.2) is 0 Å². The summed E-state index contributed by atoms with van der Waals surface area (Å²) in [6, 6.07) is 0. The Kier molecular flexibility index (Phi) is 4.91. The van der Waals surface area contributed by atoms with Gasteiger partial charge in [0, 0.05) is 23.7 Å². The van der Waals surface area contributed by atoms with Crippen LogP contribution >= 0.6 is 0 Å². The molecular weight excluding hydrogens is 224 g/mol. The molecule has 1 N–H and O–H groups in total. The first kappa shape index (κ1) is 15.2. The molecule has 1 heterocycles. The number of rotatable bonds is 5. The van der Waals surface area contributed by atoms with Crippen LogP contribution in [-0.4, -0.2) is 27.1 Å². The summed E-state index contributed by atoms with van der Waals surface area (Å²) in [6.07, 6.45) is 4.37. The highest BCUT2D eigenvalue weighted by atomic mass is 15.4. The lowest BCUT2D eigenvalue weighted by Gasteiger charge is -2.20. The Morgan fingerprint density at radius 1 is 1.11 bits per heavy atom. The third kappa shape index (κ3) is 5.63. The molecule has 0 unspecified atom stereocenters. The zero-order valence-corrected chi connectivity index (χ0v) is 12.7. The second-order valence-electron chi connectivity index (χ2n) is 7.00. The molecule has 1 aromatic heterocycles. The molecule has 0 saturated carbocycles. The predicted molar refractivity (Wildman–Crippen MR) is 75.7 cm³/mol. The molecule has 0 aliphatic carbocycles. The fourth-order valence-electron chi connectivity index (χ4n) is 1.61. The second-order valence-corrected chi connectivity index (χ2v) is 7.00. The molecule has 0 bridgehead atoms. The highest BCUT2D eigenvalue weighted by molar-refractivity contribution is 5.06. The van der Waals surface area contributed by atoms with E-state index in [-0.39, 0.29) is 11.0 Å². The van der Waals surface area contributed by atoms with Gasteiger partial charge >= 0.3 is 0 Å². The van der Waals surface area contributed by atoms with E-state index >= 15 is 0 Å². The maximum absolute atomic E-state index is 4.22. The molecule has 4 heteroatoms. The van der Waals surface area contributed by atoms with E-state index in [0.29, 0.717) is 0 Å². The third-order valence-corrected chi connectivity index (χ3v) is 2.78. The number of nitrogens with one attached hydrogen (secondary N) is 1. The predicted octanol–water partition coefficient (Wildman–Crippen LogP) is 2.74. The number of aryl methyl sites for hydroxylation is 1. The summed E-state index contributed by atoms with van der Waals surface area (Å²) < 4.78 is 1.96. The van der Waals surface area contributed by atoms with Gasteiger partial charge in [-0.15, -0.1) is 5.10 Å². The molecule has 104 valence electrons. The molecule has 4 nitrogen and oxygen atoms in total. The van der Waals surface area contributed by atoms with Crippen LogP contribution in [0.4, 0.5) is 0 Å². The standard InChI is InChI=1S/C14H28N4/c1-13(2,3)12-11-18(17-16-12)10-8-7-9-15-14(4,5)6/h11,15H,7-10H2,1-6H3. The van der Waals surface area contributed by atoms with Gasteiger partial charge in [0.1, 0.15) is 0 Å². The van der Waals surface area contributed by atoms with Crippen LogP contribution in [0.5, 0.6) is 0 Å². The SMILES string of the molecule is CC(C)(C)NCCCCn1cc(C(C)(C)C)nn1. The van der Waals surface area contributed by atoms with E-state index in [1.807, 2.05) is 4.68 Å². The molecule has 0 amide bonds. The molecule has 0 aliphatic rings. The van der Waals surface area contributed by atoms with Crippen molar-refractivity contribution in [1.29, 1.82) is 0 Å². The number of hydrogen-bond donors (Lipinski definition) is 1.